The molecule has 57 heavy (non-hydrogen) atoms. The number of nitrogens with zero attached hydrogens (tertiary/aromatic N) is 2. The van der Waals surface area contributed by atoms with Crippen LogP contribution >= 0.6 is 0 Å². The number of fused-ring (bicyclic) bond motifs is 4. The lowest BCUT2D eigenvalue weighted by molar-refractivity contribution is -0.0462. The number of hydrogen-bond donors (Lipinski definition) is 3. The predicted molar refractivity (Wildman–Crippen MR) is 216 cm³/mol. The Morgan fingerprint density at radius 2 is 1.30 bits per heavy atom. The third kappa shape index (κ3) is 13.9. The second-order valence-electron chi connectivity index (χ2n) is 14.6. The summed E-state index contributed by atoms with van der Waals surface area (Å²) in [5, 5.41) is 32.7. The Balaban J connectivity index is 1.96. The summed E-state index contributed by atoms with van der Waals surface area (Å²) in [4.78, 5) is 35.2. The molecule has 7 atom stereocenters. The van der Waals surface area contributed by atoms with Crippen LogP contribution in [0.4, 0.5) is 0 Å². The third-order valence-electron chi connectivity index (χ3n) is 9.69. The van der Waals surface area contributed by atoms with Gasteiger partial charge in [0.05, 0.1) is 24.7 Å². The van der Waals surface area contributed by atoms with Crippen LogP contribution in [-0.2, 0) is 25.4 Å². The second-order valence-corrected chi connectivity index (χ2v) is 14.6. The zero-order valence-corrected chi connectivity index (χ0v) is 34.1. The van der Waals surface area contributed by atoms with Crippen molar-refractivity contribution in [3.05, 3.63) is 127 Å². The van der Waals surface area contributed by atoms with Crippen LogP contribution in [0.15, 0.2) is 113 Å². The van der Waals surface area contributed by atoms with E-state index < -0.39 is 65.5 Å². The van der Waals surface area contributed by atoms with Gasteiger partial charge in [0.2, 0.25) is 5.89 Å². The molecular weight excluding hydrogens is 732 g/mol. The molecule has 0 aliphatic carbocycles. The monoisotopic (exact) mass is 790 g/mol. The molecule has 2 aromatic heterocycles. The molecule has 1 aliphatic rings. The molecule has 13 heteroatoms. The van der Waals surface area contributed by atoms with Gasteiger partial charge in [0.1, 0.15) is 36.9 Å². The number of aliphatic hydroxyl groups excluding tert-OH is 3. The highest BCUT2D eigenvalue weighted by atomic mass is 16.6. The second kappa shape index (κ2) is 22.7. The fourth-order valence-electron chi connectivity index (χ4n) is 5.68. The summed E-state index contributed by atoms with van der Waals surface area (Å²) in [6, 6.07) is 0. The zero-order valence-electron chi connectivity index (χ0n) is 34.1. The fourth-order valence-corrected chi connectivity index (χ4v) is 5.68. The molecule has 3 rings (SSSR count). The van der Waals surface area contributed by atoms with E-state index in [1.165, 1.54) is 31.8 Å². The summed E-state index contributed by atoms with van der Waals surface area (Å²) in [5.74, 6) is -1.04. The molecule has 3 heterocycles. The van der Waals surface area contributed by atoms with Crippen LogP contribution in [0.3, 0.4) is 0 Å². The molecule has 2 aromatic rings. The molecule has 0 fully saturated rings. The maximum atomic E-state index is 13.4. The number of ether oxygens (including phenoxy) is 4. The summed E-state index contributed by atoms with van der Waals surface area (Å²) in [5.41, 5.74) is -1.87. The topological polar surface area (TPSA) is 184 Å². The number of rotatable bonds is 8. The van der Waals surface area contributed by atoms with Gasteiger partial charge >= 0.3 is 11.9 Å². The van der Waals surface area contributed by atoms with E-state index in [2.05, 4.69) is 9.97 Å². The van der Waals surface area contributed by atoms with E-state index >= 15 is 0 Å². The number of allylic oxidation sites excluding steroid dienone is 8. The van der Waals surface area contributed by atoms with Gasteiger partial charge < -0.3 is 43.1 Å². The summed E-state index contributed by atoms with van der Waals surface area (Å²) < 4.78 is 34.0. The van der Waals surface area contributed by atoms with Crippen molar-refractivity contribution in [3.8, 4) is 0 Å². The number of oxazole rings is 2. The SMILES string of the molecule is C/C=C/[C@H](O)C(C)(C)[C@@H]1C\C=C/C=C\C=C\[C@H](OC)Cc2nc(co2)C(=O)O[C@@H](C(C)(C)[C@@H](O)/C=C/C)C/C=C\[C@@H](OC)[C@@H](O)/C=C/C=C\c2nc(co2)C(=O)O1. The van der Waals surface area contributed by atoms with Crippen molar-refractivity contribution in [2.75, 3.05) is 14.2 Å². The Kier molecular flexibility index (Phi) is 18.5. The van der Waals surface area contributed by atoms with Crippen LogP contribution in [-0.4, -0.2) is 94.2 Å². The van der Waals surface area contributed by atoms with Crippen molar-refractivity contribution in [2.45, 2.75) is 104 Å². The lowest BCUT2D eigenvalue weighted by atomic mass is 9.79. The summed E-state index contributed by atoms with van der Waals surface area (Å²) >= 11 is 0. The molecule has 1 aliphatic heterocycles. The van der Waals surface area contributed by atoms with Gasteiger partial charge in [-0.15, -0.1) is 0 Å². The van der Waals surface area contributed by atoms with E-state index in [1.54, 1.807) is 108 Å². The minimum Gasteiger partial charge on any atom is -0.457 e. The van der Waals surface area contributed by atoms with Crippen molar-refractivity contribution < 1.29 is 52.7 Å². The first-order valence-corrected chi connectivity index (χ1v) is 18.9. The molecule has 0 spiro atoms. The van der Waals surface area contributed by atoms with E-state index in [0.29, 0.717) is 6.42 Å². The van der Waals surface area contributed by atoms with Gasteiger partial charge in [0.25, 0.3) is 0 Å². The van der Waals surface area contributed by atoms with E-state index in [9.17, 15) is 24.9 Å². The average Bonchev–Trinajstić information content (AvgIpc) is 3.86. The minimum atomic E-state index is -1.07. The molecule has 0 aromatic carbocycles. The zero-order chi connectivity index (χ0) is 42.0. The first-order valence-electron chi connectivity index (χ1n) is 18.9. The Morgan fingerprint density at radius 1 is 0.737 bits per heavy atom. The number of methoxy groups -OCH3 is 2. The van der Waals surface area contributed by atoms with Gasteiger partial charge in [0, 0.05) is 44.0 Å². The van der Waals surface area contributed by atoms with Crippen LogP contribution in [0.25, 0.3) is 6.08 Å². The number of aromatic nitrogens is 2. The van der Waals surface area contributed by atoms with Crippen molar-refractivity contribution in [1.29, 1.82) is 0 Å². The summed E-state index contributed by atoms with van der Waals surface area (Å²) in [6.45, 7) is 10.8. The standard InChI is InChI=1S/C44H58N2O11/c1-9-19-35(48)43(3,4)37-24-15-13-11-12-14-21-30(52-7)27-40-46-32(29-55-40)42(51)57-38(44(5,6)36(49)20-10-2)25-18-23-34(53-8)33(47)22-16-17-26-39-45-31(28-54-39)41(50)56-37/h9-23,26,28-30,33-38,47-49H,24-25,27H2,1-8H3/b12-11-,15-13-,19-9+,20-10+,21-14+,22-16+,23-18-,26-17-/t30-,33-,34+,35-,36-,37-,38+/m0/s1. The van der Waals surface area contributed by atoms with Crippen molar-refractivity contribution >= 4 is 18.0 Å². The number of aliphatic hydroxyl groups is 3. The number of cyclic esters (lactones) is 2. The summed E-state index contributed by atoms with van der Waals surface area (Å²) in [6.07, 6.45) is 24.6. The van der Waals surface area contributed by atoms with Gasteiger partial charge in [-0.3, -0.25) is 0 Å². The Morgan fingerprint density at radius 3 is 1.89 bits per heavy atom. The molecule has 4 bridgehead atoms. The Labute approximate surface area is 335 Å². The predicted octanol–water partition coefficient (Wildman–Crippen LogP) is 6.86. The number of esters is 2. The Bertz CT molecular complexity index is 1810. The van der Waals surface area contributed by atoms with E-state index in [1.807, 2.05) is 26.0 Å². The van der Waals surface area contributed by atoms with E-state index in [-0.39, 0.29) is 36.0 Å². The van der Waals surface area contributed by atoms with Gasteiger partial charge in [-0.1, -0.05) is 119 Å². The van der Waals surface area contributed by atoms with Crippen LogP contribution in [0, 0.1) is 10.8 Å². The molecular formula is C44H58N2O11. The van der Waals surface area contributed by atoms with Gasteiger partial charge in [-0.2, -0.15) is 0 Å². The highest BCUT2D eigenvalue weighted by Crippen LogP contribution is 2.33. The van der Waals surface area contributed by atoms with Gasteiger partial charge in [-0.05, 0) is 13.8 Å². The maximum absolute atomic E-state index is 13.4. The van der Waals surface area contributed by atoms with Gasteiger partial charge in [-0.25, -0.2) is 19.6 Å². The fraction of sp³-hybridized carbons (Fsp3) is 0.455. The summed E-state index contributed by atoms with van der Waals surface area (Å²) in [7, 11) is 2.99. The molecule has 3 N–H and O–H groups in total. The van der Waals surface area contributed by atoms with Crippen molar-refractivity contribution in [3.63, 3.8) is 0 Å². The van der Waals surface area contributed by atoms with Crippen LogP contribution < -0.4 is 0 Å². The lowest BCUT2D eigenvalue weighted by Gasteiger charge is -2.36. The number of carbonyl (C=O) groups is 2. The molecule has 0 saturated heterocycles. The van der Waals surface area contributed by atoms with E-state index in [0.717, 1.165) is 0 Å². The molecule has 13 nitrogen and oxygen atoms in total. The van der Waals surface area contributed by atoms with Crippen LogP contribution in [0.2, 0.25) is 0 Å². The highest BCUT2D eigenvalue weighted by Gasteiger charge is 2.39. The largest absolute Gasteiger partial charge is 0.457 e. The molecule has 0 saturated carbocycles. The minimum absolute atomic E-state index is 0.0337. The average molecular weight is 791 g/mol. The number of hydrogen-bond acceptors (Lipinski definition) is 13. The van der Waals surface area contributed by atoms with Crippen LogP contribution in [0.5, 0.6) is 0 Å². The third-order valence-corrected chi connectivity index (χ3v) is 9.69. The molecule has 0 unspecified atom stereocenters. The normalized spacial score (nSPS) is 27.2. The van der Waals surface area contributed by atoms with Crippen LogP contribution in [0.1, 0.15) is 87.1 Å². The molecule has 0 radical (unpaired) electrons. The number of carbonyl (C=O) groups excluding carboxylic acids is 2. The molecule has 0 amide bonds. The van der Waals surface area contributed by atoms with Crippen molar-refractivity contribution in [1.82, 2.24) is 9.97 Å². The Hall–Kier alpha value is -4.92. The highest BCUT2D eigenvalue weighted by molar-refractivity contribution is 5.87. The first kappa shape index (κ1) is 46.5. The molecule has 310 valence electrons. The van der Waals surface area contributed by atoms with E-state index in [4.69, 9.17) is 27.8 Å². The van der Waals surface area contributed by atoms with Crippen molar-refractivity contribution in [2.24, 2.45) is 10.8 Å². The quantitative estimate of drug-likeness (QED) is 0.186. The first-order chi connectivity index (χ1) is 27.2. The smallest absolute Gasteiger partial charge is 0.360 e. The lowest BCUT2D eigenvalue weighted by Crippen LogP contribution is -2.42. The van der Waals surface area contributed by atoms with Gasteiger partial charge in [0.15, 0.2) is 17.3 Å². The maximum Gasteiger partial charge on any atom is 0.360 e.